The molecular formula is C13H7Cl3N2O3. The molecule has 108 valence electrons. The van der Waals surface area contributed by atoms with Crippen LogP contribution in [-0.2, 0) is 0 Å². The van der Waals surface area contributed by atoms with Crippen LogP contribution in [-0.4, -0.2) is 10.8 Å². The lowest BCUT2D eigenvalue weighted by Crippen LogP contribution is -2.13. The van der Waals surface area contributed by atoms with E-state index in [1.54, 1.807) is 24.3 Å². The van der Waals surface area contributed by atoms with E-state index in [4.69, 9.17) is 34.8 Å². The van der Waals surface area contributed by atoms with E-state index < -0.39 is 10.8 Å². The van der Waals surface area contributed by atoms with E-state index in [0.717, 1.165) is 12.1 Å². The van der Waals surface area contributed by atoms with Crippen molar-refractivity contribution in [2.24, 2.45) is 0 Å². The lowest BCUT2D eigenvalue weighted by atomic mass is 10.1. The molecule has 0 unspecified atom stereocenters. The number of anilines is 1. The van der Waals surface area contributed by atoms with Gasteiger partial charge in [0, 0.05) is 12.1 Å². The number of hydrogen-bond donors (Lipinski definition) is 1. The number of carbonyl (C=O) groups excluding carboxylic acids is 1. The molecule has 0 radical (unpaired) electrons. The molecule has 0 aromatic heterocycles. The summed E-state index contributed by atoms with van der Waals surface area (Å²) < 4.78 is 0. The van der Waals surface area contributed by atoms with Crippen LogP contribution in [0.15, 0.2) is 36.4 Å². The molecule has 0 spiro atoms. The molecule has 2 aromatic rings. The van der Waals surface area contributed by atoms with Gasteiger partial charge in [-0.1, -0.05) is 46.9 Å². The van der Waals surface area contributed by atoms with Gasteiger partial charge < -0.3 is 5.32 Å². The first-order valence-electron chi connectivity index (χ1n) is 5.59. The van der Waals surface area contributed by atoms with Gasteiger partial charge in [0.15, 0.2) is 0 Å². The average molecular weight is 346 g/mol. The van der Waals surface area contributed by atoms with Gasteiger partial charge in [0.05, 0.1) is 31.2 Å². The van der Waals surface area contributed by atoms with Crippen molar-refractivity contribution in [3.8, 4) is 0 Å². The number of amides is 1. The molecule has 0 aliphatic rings. The second-order valence-electron chi connectivity index (χ2n) is 3.98. The van der Waals surface area contributed by atoms with Gasteiger partial charge in [-0.05, 0) is 12.1 Å². The molecule has 21 heavy (non-hydrogen) atoms. The highest BCUT2D eigenvalue weighted by Gasteiger charge is 2.20. The maximum Gasteiger partial charge on any atom is 0.271 e. The summed E-state index contributed by atoms with van der Waals surface area (Å²) >= 11 is 17.6. The number of nitrogens with one attached hydrogen (secondary N) is 1. The highest BCUT2D eigenvalue weighted by Crippen LogP contribution is 2.32. The van der Waals surface area contributed by atoms with Crippen LogP contribution in [0, 0.1) is 10.1 Å². The number of hydrogen-bond acceptors (Lipinski definition) is 3. The minimum Gasteiger partial charge on any atom is -0.321 e. The quantitative estimate of drug-likeness (QED) is 0.641. The fourth-order valence-electron chi connectivity index (χ4n) is 1.60. The lowest BCUT2D eigenvalue weighted by Gasteiger charge is -2.09. The molecule has 0 heterocycles. The fourth-order valence-corrected chi connectivity index (χ4v) is 2.19. The molecule has 0 saturated carbocycles. The summed E-state index contributed by atoms with van der Waals surface area (Å²) in [6.07, 6.45) is 0. The van der Waals surface area contributed by atoms with Crippen LogP contribution < -0.4 is 5.32 Å². The van der Waals surface area contributed by atoms with Gasteiger partial charge in [-0.2, -0.15) is 0 Å². The van der Waals surface area contributed by atoms with E-state index >= 15 is 0 Å². The number of carbonyl (C=O) groups is 1. The zero-order chi connectivity index (χ0) is 15.6. The Balaban J connectivity index is 2.39. The molecule has 1 amide bonds. The Kier molecular flexibility index (Phi) is 4.67. The zero-order valence-corrected chi connectivity index (χ0v) is 12.5. The molecule has 0 aliphatic carbocycles. The van der Waals surface area contributed by atoms with Crippen molar-refractivity contribution in [2.75, 3.05) is 5.32 Å². The van der Waals surface area contributed by atoms with Crippen molar-refractivity contribution in [3.05, 3.63) is 67.1 Å². The second kappa shape index (κ2) is 6.30. The third-order valence-corrected chi connectivity index (χ3v) is 3.72. The maximum absolute atomic E-state index is 12.2. The normalized spacial score (nSPS) is 10.2. The third-order valence-electron chi connectivity index (χ3n) is 2.59. The molecule has 0 atom stereocenters. The highest BCUT2D eigenvalue weighted by molar-refractivity contribution is 6.44. The Morgan fingerprint density at radius 3 is 2.38 bits per heavy atom. The first kappa shape index (κ1) is 15.6. The maximum atomic E-state index is 12.2. The zero-order valence-electron chi connectivity index (χ0n) is 10.3. The molecule has 0 bridgehead atoms. The van der Waals surface area contributed by atoms with Gasteiger partial charge in [-0.3, -0.25) is 14.9 Å². The van der Waals surface area contributed by atoms with Gasteiger partial charge >= 0.3 is 0 Å². The van der Waals surface area contributed by atoms with Crippen molar-refractivity contribution in [1.29, 1.82) is 0 Å². The predicted molar refractivity (Wildman–Crippen MR) is 82.5 cm³/mol. The van der Waals surface area contributed by atoms with Crippen LogP contribution in [0.2, 0.25) is 15.1 Å². The van der Waals surface area contributed by atoms with Crippen molar-refractivity contribution in [2.45, 2.75) is 0 Å². The molecule has 2 aromatic carbocycles. The molecular weight excluding hydrogens is 339 g/mol. The average Bonchev–Trinajstić information content (AvgIpc) is 2.43. The Hall–Kier alpha value is -1.82. The largest absolute Gasteiger partial charge is 0.321 e. The van der Waals surface area contributed by atoms with Gasteiger partial charge in [-0.15, -0.1) is 0 Å². The number of para-hydroxylation sites is 1. The monoisotopic (exact) mass is 344 g/mol. The van der Waals surface area contributed by atoms with E-state index in [1.807, 2.05) is 0 Å². The topological polar surface area (TPSA) is 72.2 Å². The van der Waals surface area contributed by atoms with Crippen molar-refractivity contribution < 1.29 is 9.72 Å². The number of nitrogens with zero attached hydrogens (tertiary/aromatic N) is 1. The number of rotatable bonds is 3. The number of non-ortho nitro benzene ring substituents is 1. The summed E-state index contributed by atoms with van der Waals surface area (Å²) in [6, 6.07) is 8.71. The van der Waals surface area contributed by atoms with E-state index in [-0.39, 0.29) is 21.3 Å². The van der Waals surface area contributed by atoms with E-state index in [0.29, 0.717) is 10.7 Å². The highest BCUT2D eigenvalue weighted by atomic mass is 35.5. The lowest BCUT2D eigenvalue weighted by molar-refractivity contribution is -0.384. The molecule has 8 heteroatoms. The summed E-state index contributed by atoms with van der Waals surface area (Å²) in [5, 5.41) is 13.5. The smallest absolute Gasteiger partial charge is 0.271 e. The SMILES string of the molecule is O=C(Nc1ccccc1Cl)c1cc([N+](=O)[O-])cc(Cl)c1Cl. The summed E-state index contributed by atoms with van der Waals surface area (Å²) in [5.74, 6) is -0.640. The van der Waals surface area contributed by atoms with E-state index in [2.05, 4.69) is 5.32 Å². The Morgan fingerprint density at radius 2 is 1.76 bits per heavy atom. The van der Waals surface area contributed by atoms with E-state index in [9.17, 15) is 14.9 Å². The second-order valence-corrected chi connectivity index (χ2v) is 5.17. The molecule has 0 fully saturated rings. The number of benzene rings is 2. The van der Waals surface area contributed by atoms with Crippen LogP contribution in [0.4, 0.5) is 11.4 Å². The number of nitro benzene ring substituents is 1. The summed E-state index contributed by atoms with van der Waals surface area (Å²) in [7, 11) is 0. The number of halogens is 3. The van der Waals surface area contributed by atoms with Crippen molar-refractivity contribution in [3.63, 3.8) is 0 Å². The molecule has 5 nitrogen and oxygen atoms in total. The minimum atomic E-state index is -0.658. The Bertz CT molecular complexity index is 735. The van der Waals surface area contributed by atoms with Gasteiger partial charge in [0.1, 0.15) is 0 Å². The summed E-state index contributed by atoms with van der Waals surface area (Å²) in [4.78, 5) is 22.3. The first-order valence-corrected chi connectivity index (χ1v) is 6.73. The minimum absolute atomic E-state index is 0.0631. The first-order chi connectivity index (χ1) is 9.90. The fraction of sp³-hybridized carbons (Fsp3) is 0. The van der Waals surface area contributed by atoms with E-state index in [1.165, 1.54) is 0 Å². The van der Waals surface area contributed by atoms with Crippen molar-refractivity contribution >= 4 is 52.1 Å². The van der Waals surface area contributed by atoms with Gasteiger partial charge in [0.25, 0.3) is 11.6 Å². The molecule has 2 rings (SSSR count). The standard InChI is InChI=1S/C13H7Cl3N2O3/c14-9-3-1-2-4-11(9)17-13(19)8-5-7(18(20)21)6-10(15)12(8)16/h1-6H,(H,17,19). The van der Waals surface area contributed by atoms with Gasteiger partial charge in [0.2, 0.25) is 0 Å². The number of nitro groups is 1. The van der Waals surface area contributed by atoms with Crippen LogP contribution >= 0.6 is 34.8 Å². The predicted octanol–water partition coefficient (Wildman–Crippen LogP) is 4.81. The molecule has 0 aliphatic heterocycles. The molecule has 0 saturated heterocycles. The van der Waals surface area contributed by atoms with Crippen LogP contribution in [0.25, 0.3) is 0 Å². The third kappa shape index (κ3) is 3.44. The Morgan fingerprint density at radius 1 is 1.10 bits per heavy atom. The summed E-state index contributed by atoms with van der Waals surface area (Å²) in [6.45, 7) is 0. The Labute approximate surface area is 134 Å². The van der Waals surface area contributed by atoms with Crippen molar-refractivity contribution in [1.82, 2.24) is 0 Å². The van der Waals surface area contributed by atoms with Gasteiger partial charge in [-0.25, -0.2) is 0 Å². The summed E-state index contributed by atoms with van der Waals surface area (Å²) in [5.41, 5.74) is -0.0626. The van der Waals surface area contributed by atoms with Crippen LogP contribution in [0.1, 0.15) is 10.4 Å². The van der Waals surface area contributed by atoms with Crippen LogP contribution in [0.3, 0.4) is 0 Å². The van der Waals surface area contributed by atoms with Crippen LogP contribution in [0.5, 0.6) is 0 Å². The molecule has 1 N–H and O–H groups in total.